The van der Waals surface area contributed by atoms with E-state index in [2.05, 4.69) is 10.3 Å². The molecular formula is C10H17N3O. The minimum Gasteiger partial charge on any atom is -0.399 e. The summed E-state index contributed by atoms with van der Waals surface area (Å²) < 4.78 is 4.94. The molecule has 1 rings (SSSR count). The molecule has 0 aliphatic rings. The van der Waals surface area contributed by atoms with E-state index in [0.29, 0.717) is 0 Å². The molecule has 0 aliphatic heterocycles. The molecule has 1 aromatic rings. The van der Waals surface area contributed by atoms with Gasteiger partial charge in [0.2, 0.25) is 0 Å². The highest BCUT2D eigenvalue weighted by atomic mass is 16.5. The normalized spacial score (nSPS) is 10.4. The summed E-state index contributed by atoms with van der Waals surface area (Å²) in [5, 5.41) is 3.27. The van der Waals surface area contributed by atoms with Crippen LogP contribution in [-0.2, 0) is 11.3 Å². The van der Waals surface area contributed by atoms with E-state index in [-0.39, 0.29) is 0 Å². The van der Waals surface area contributed by atoms with Crippen LogP contribution in [0, 0.1) is 0 Å². The molecule has 0 aromatic carbocycles. The predicted octanol–water partition coefficient (Wildman–Crippen LogP) is 0.790. The first-order valence-corrected chi connectivity index (χ1v) is 4.73. The second-order valence-electron chi connectivity index (χ2n) is 3.10. The fourth-order valence-electron chi connectivity index (χ4n) is 1.15. The maximum Gasteiger partial charge on any atom is 0.0562 e. The van der Waals surface area contributed by atoms with E-state index in [1.54, 1.807) is 19.4 Å². The highest BCUT2D eigenvalue weighted by molar-refractivity contribution is 5.37. The van der Waals surface area contributed by atoms with Crippen LogP contribution in [0.3, 0.4) is 0 Å². The van der Waals surface area contributed by atoms with E-state index in [0.717, 1.165) is 37.5 Å². The molecule has 1 aromatic heterocycles. The van der Waals surface area contributed by atoms with Crippen LogP contribution in [0.15, 0.2) is 18.3 Å². The zero-order chi connectivity index (χ0) is 10.2. The molecule has 0 bridgehead atoms. The molecule has 0 amide bonds. The summed E-state index contributed by atoms with van der Waals surface area (Å²) in [5.74, 6) is 0. The molecule has 1 heterocycles. The van der Waals surface area contributed by atoms with Crippen LogP contribution in [0.2, 0.25) is 0 Å². The number of rotatable bonds is 6. The zero-order valence-electron chi connectivity index (χ0n) is 8.49. The van der Waals surface area contributed by atoms with E-state index in [1.165, 1.54) is 0 Å². The van der Waals surface area contributed by atoms with Gasteiger partial charge in [0.1, 0.15) is 0 Å². The van der Waals surface area contributed by atoms with Gasteiger partial charge in [-0.05, 0) is 25.1 Å². The van der Waals surface area contributed by atoms with Crippen molar-refractivity contribution in [1.29, 1.82) is 0 Å². The lowest BCUT2D eigenvalue weighted by atomic mass is 10.3. The summed E-state index contributed by atoms with van der Waals surface area (Å²) in [6, 6.07) is 3.66. The maximum absolute atomic E-state index is 5.62. The van der Waals surface area contributed by atoms with E-state index in [4.69, 9.17) is 10.5 Å². The Morgan fingerprint density at radius 3 is 3.14 bits per heavy atom. The largest absolute Gasteiger partial charge is 0.399 e. The van der Waals surface area contributed by atoms with Crippen LogP contribution in [-0.4, -0.2) is 25.2 Å². The van der Waals surface area contributed by atoms with Gasteiger partial charge in [-0.15, -0.1) is 0 Å². The van der Waals surface area contributed by atoms with Gasteiger partial charge >= 0.3 is 0 Å². The van der Waals surface area contributed by atoms with Crippen LogP contribution in [0.5, 0.6) is 0 Å². The van der Waals surface area contributed by atoms with Crippen molar-refractivity contribution < 1.29 is 4.74 Å². The summed E-state index contributed by atoms with van der Waals surface area (Å²) in [6.45, 7) is 2.48. The van der Waals surface area contributed by atoms with Gasteiger partial charge < -0.3 is 15.8 Å². The quantitative estimate of drug-likeness (QED) is 0.659. The molecule has 78 valence electrons. The third-order valence-corrected chi connectivity index (χ3v) is 1.85. The van der Waals surface area contributed by atoms with Crippen molar-refractivity contribution in [2.24, 2.45) is 0 Å². The predicted molar refractivity (Wildman–Crippen MR) is 56.8 cm³/mol. The molecule has 0 saturated carbocycles. The lowest BCUT2D eigenvalue weighted by molar-refractivity contribution is 0.194. The monoisotopic (exact) mass is 195 g/mol. The van der Waals surface area contributed by atoms with Gasteiger partial charge in [-0.1, -0.05) is 0 Å². The lowest BCUT2D eigenvalue weighted by Crippen LogP contribution is -2.16. The van der Waals surface area contributed by atoms with Crippen LogP contribution in [0.1, 0.15) is 12.1 Å². The van der Waals surface area contributed by atoms with Crippen molar-refractivity contribution in [1.82, 2.24) is 10.3 Å². The Labute approximate surface area is 84.5 Å². The fourth-order valence-corrected chi connectivity index (χ4v) is 1.15. The van der Waals surface area contributed by atoms with E-state index < -0.39 is 0 Å². The average Bonchev–Trinajstić information content (AvgIpc) is 2.18. The summed E-state index contributed by atoms with van der Waals surface area (Å²) >= 11 is 0. The number of hydrogen-bond acceptors (Lipinski definition) is 4. The molecule has 14 heavy (non-hydrogen) atoms. The Kier molecular flexibility index (Phi) is 4.96. The Hall–Kier alpha value is -1.13. The number of anilines is 1. The number of aromatic nitrogens is 1. The molecule has 0 atom stereocenters. The summed E-state index contributed by atoms with van der Waals surface area (Å²) in [5.41, 5.74) is 7.36. The Morgan fingerprint density at radius 2 is 2.43 bits per heavy atom. The zero-order valence-corrected chi connectivity index (χ0v) is 8.49. The Balaban J connectivity index is 2.18. The van der Waals surface area contributed by atoms with Crippen LogP contribution in [0.4, 0.5) is 5.69 Å². The van der Waals surface area contributed by atoms with Crippen molar-refractivity contribution in [2.75, 3.05) is 26.0 Å². The smallest absolute Gasteiger partial charge is 0.0562 e. The number of nitrogens with one attached hydrogen (secondary N) is 1. The summed E-state index contributed by atoms with van der Waals surface area (Å²) in [7, 11) is 1.71. The second kappa shape index (κ2) is 6.34. The number of ether oxygens (including phenoxy) is 1. The van der Waals surface area contributed by atoms with Crippen LogP contribution < -0.4 is 11.1 Å². The third kappa shape index (κ3) is 4.20. The summed E-state index contributed by atoms with van der Waals surface area (Å²) in [4.78, 5) is 4.18. The molecule has 0 saturated heterocycles. The van der Waals surface area contributed by atoms with Gasteiger partial charge in [0.15, 0.2) is 0 Å². The van der Waals surface area contributed by atoms with Crippen LogP contribution in [0.25, 0.3) is 0 Å². The third-order valence-electron chi connectivity index (χ3n) is 1.85. The lowest BCUT2D eigenvalue weighted by Gasteiger charge is -2.04. The number of nitrogens with zero attached hydrogens (tertiary/aromatic N) is 1. The Morgan fingerprint density at radius 1 is 1.57 bits per heavy atom. The minimum absolute atomic E-state index is 0.758. The molecule has 3 N–H and O–H groups in total. The Bertz CT molecular complexity index is 265. The minimum atomic E-state index is 0.758. The standard InChI is InChI=1S/C10H17N3O/c1-14-6-2-4-12-8-10-7-9(11)3-5-13-10/h3,5,7,12H,2,4,6,8H2,1H3,(H2,11,13). The van der Waals surface area contributed by atoms with Crippen molar-refractivity contribution in [3.05, 3.63) is 24.0 Å². The number of pyridine rings is 1. The first-order valence-electron chi connectivity index (χ1n) is 4.73. The number of nitrogen functional groups attached to an aromatic ring is 1. The molecule has 0 aliphatic carbocycles. The van der Waals surface area contributed by atoms with E-state index in [1.807, 2.05) is 6.07 Å². The highest BCUT2D eigenvalue weighted by Crippen LogP contribution is 2.01. The second-order valence-corrected chi connectivity index (χ2v) is 3.10. The number of nitrogens with two attached hydrogens (primary N) is 1. The van der Waals surface area contributed by atoms with E-state index in [9.17, 15) is 0 Å². The van der Waals surface area contributed by atoms with Crippen molar-refractivity contribution in [3.8, 4) is 0 Å². The SMILES string of the molecule is COCCCNCc1cc(N)ccn1. The van der Waals surface area contributed by atoms with Crippen LogP contribution >= 0.6 is 0 Å². The number of methoxy groups -OCH3 is 1. The van der Waals surface area contributed by atoms with Crippen molar-refractivity contribution in [3.63, 3.8) is 0 Å². The van der Waals surface area contributed by atoms with Crippen molar-refractivity contribution in [2.45, 2.75) is 13.0 Å². The van der Waals surface area contributed by atoms with Crippen molar-refractivity contribution >= 4 is 5.69 Å². The summed E-state index contributed by atoms with van der Waals surface area (Å²) in [6.07, 6.45) is 2.74. The average molecular weight is 195 g/mol. The first-order chi connectivity index (χ1) is 6.83. The molecule has 0 radical (unpaired) electrons. The molecule has 0 fully saturated rings. The number of hydrogen-bond donors (Lipinski definition) is 2. The van der Waals surface area contributed by atoms with Gasteiger partial charge in [-0.25, -0.2) is 0 Å². The molecular weight excluding hydrogens is 178 g/mol. The first kappa shape index (κ1) is 10.9. The topological polar surface area (TPSA) is 60.2 Å². The molecule has 4 heteroatoms. The maximum atomic E-state index is 5.62. The van der Waals surface area contributed by atoms with Gasteiger partial charge in [-0.2, -0.15) is 0 Å². The molecule has 4 nitrogen and oxygen atoms in total. The van der Waals surface area contributed by atoms with Gasteiger partial charge in [-0.3, -0.25) is 4.98 Å². The van der Waals surface area contributed by atoms with Gasteiger partial charge in [0.05, 0.1) is 5.69 Å². The fraction of sp³-hybridized carbons (Fsp3) is 0.500. The molecule has 0 spiro atoms. The molecule has 0 unspecified atom stereocenters. The van der Waals surface area contributed by atoms with Gasteiger partial charge in [0, 0.05) is 32.1 Å². The highest BCUT2D eigenvalue weighted by Gasteiger charge is 1.94. The van der Waals surface area contributed by atoms with Gasteiger partial charge in [0.25, 0.3) is 0 Å². The van der Waals surface area contributed by atoms with E-state index >= 15 is 0 Å².